The Morgan fingerprint density at radius 2 is 1.59 bits per heavy atom. The number of allylic oxidation sites excluding steroid dienone is 2. The van der Waals surface area contributed by atoms with Crippen LogP contribution < -0.4 is 5.32 Å². The molecule has 7 unspecified atom stereocenters. The molecular formula is C39H58N2O3. The van der Waals surface area contributed by atoms with Crippen molar-refractivity contribution in [1.82, 2.24) is 10.2 Å². The van der Waals surface area contributed by atoms with Gasteiger partial charge in [0.15, 0.2) is 0 Å². The summed E-state index contributed by atoms with van der Waals surface area (Å²) >= 11 is 0. The Kier molecular flexibility index (Phi) is 7.95. The molecule has 8 atom stereocenters. The number of carboxylic acid groups (broad SMARTS) is 1. The minimum absolute atomic E-state index is 0.0182. The van der Waals surface area contributed by atoms with Crippen molar-refractivity contribution in [2.24, 2.45) is 45.3 Å². The van der Waals surface area contributed by atoms with Crippen LogP contribution in [0.3, 0.4) is 0 Å². The lowest BCUT2D eigenvalue weighted by molar-refractivity contribution is -0.217. The number of carboxylic acids is 1. The highest BCUT2D eigenvalue weighted by Crippen LogP contribution is 2.76. The van der Waals surface area contributed by atoms with Crippen molar-refractivity contribution in [3.05, 3.63) is 41.5 Å². The van der Waals surface area contributed by atoms with Gasteiger partial charge in [-0.15, -0.1) is 0 Å². The molecule has 1 aromatic rings. The summed E-state index contributed by atoms with van der Waals surface area (Å²) in [6.07, 6.45) is 16.4. The predicted molar refractivity (Wildman–Crippen MR) is 178 cm³/mol. The molecule has 5 heteroatoms. The quantitative estimate of drug-likeness (QED) is 0.329. The van der Waals surface area contributed by atoms with Crippen LogP contribution in [0.2, 0.25) is 0 Å². The molecular weight excluding hydrogens is 544 g/mol. The fraction of sp³-hybridized carbons (Fsp3) is 0.744. The number of carbonyl (C=O) groups excluding carboxylic acids is 1. The molecule has 1 amide bonds. The number of rotatable bonds is 7. The van der Waals surface area contributed by atoms with Crippen LogP contribution in [0, 0.1) is 45.3 Å². The maximum absolute atomic E-state index is 13.2. The minimum atomic E-state index is -0.864. The van der Waals surface area contributed by atoms with Gasteiger partial charge in [0.25, 0.3) is 0 Å². The molecule has 242 valence electrons. The Morgan fingerprint density at radius 3 is 2.27 bits per heavy atom. The molecule has 0 bridgehead atoms. The zero-order chi connectivity index (χ0) is 31.7. The summed E-state index contributed by atoms with van der Waals surface area (Å²) in [6.45, 7) is 13.9. The van der Waals surface area contributed by atoms with Crippen LogP contribution in [0.4, 0.5) is 0 Å². The predicted octanol–water partition coefficient (Wildman–Crippen LogP) is 8.44. The van der Waals surface area contributed by atoms with Gasteiger partial charge in [-0.25, -0.2) is 4.79 Å². The maximum atomic E-state index is 13.2. The lowest BCUT2D eigenvalue weighted by Gasteiger charge is -2.72. The zero-order valence-corrected chi connectivity index (χ0v) is 28.6. The summed E-state index contributed by atoms with van der Waals surface area (Å²) in [5, 5.41) is 13.1. The minimum Gasteiger partial charge on any atom is -0.478 e. The smallest absolute Gasteiger partial charge is 0.335 e. The number of hydrogen-bond acceptors (Lipinski definition) is 3. The summed E-state index contributed by atoms with van der Waals surface area (Å²) < 4.78 is 0. The Hall–Kier alpha value is -2.14. The van der Waals surface area contributed by atoms with Crippen molar-refractivity contribution in [3.63, 3.8) is 0 Å². The maximum Gasteiger partial charge on any atom is 0.335 e. The molecule has 44 heavy (non-hydrogen) atoms. The molecule has 5 nitrogen and oxygen atoms in total. The highest BCUT2D eigenvalue weighted by molar-refractivity contribution is 5.88. The second-order valence-electron chi connectivity index (χ2n) is 17.2. The fourth-order valence-corrected chi connectivity index (χ4v) is 12.6. The molecule has 5 aliphatic rings. The molecule has 0 saturated heterocycles. The molecule has 1 aromatic carbocycles. The van der Waals surface area contributed by atoms with Crippen LogP contribution in [0.15, 0.2) is 30.3 Å². The average molecular weight is 603 g/mol. The second-order valence-corrected chi connectivity index (χ2v) is 17.2. The van der Waals surface area contributed by atoms with Crippen molar-refractivity contribution < 1.29 is 14.7 Å². The van der Waals surface area contributed by atoms with Crippen molar-refractivity contribution in [2.45, 2.75) is 117 Å². The molecule has 4 saturated carbocycles. The monoisotopic (exact) mass is 602 g/mol. The van der Waals surface area contributed by atoms with Crippen LogP contribution in [-0.4, -0.2) is 48.1 Å². The van der Waals surface area contributed by atoms with Gasteiger partial charge >= 0.3 is 5.97 Å². The third-order valence-electron chi connectivity index (χ3n) is 14.8. The van der Waals surface area contributed by atoms with Crippen LogP contribution in [-0.2, 0) is 4.79 Å². The lowest BCUT2D eigenvalue weighted by atomic mass is 9.33. The van der Waals surface area contributed by atoms with Crippen LogP contribution in [0.25, 0.3) is 5.57 Å². The van der Waals surface area contributed by atoms with E-state index < -0.39 is 5.97 Å². The molecule has 0 radical (unpaired) electrons. The van der Waals surface area contributed by atoms with Gasteiger partial charge in [0.1, 0.15) is 0 Å². The van der Waals surface area contributed by atoms with E-state index in [4.69, 9.17) is 0 Å². The third kappa shape index (κ3) is 4.73. The zero-order valence-electron chi connectivity index (χ0n) is 28.6. The molecule has 0 aliphatic heterocycles. The summed E-state index contributed by atoms with van der Waals surface area (Å²) in [7, 11) is 4.17. The number of benzene rings is 1. The number of aromatic carboxylic acids is 1. The number of fused-ring (bicyclic) bond motifs is 7. The number of amides is 1. The molecule has 0 heterocycles. The van der Waals surface area contributed by atoms with E-state index in [1.165, 1.54) is 62.5 Å². The van der Waals surface area contributed by atoms with Gasteiger partial charge in [0.2, 0.25) is 5.91 Å². The van der Waals surface area contributed by atoms with Gasteiger partial charge in [-0.3, -0.25) is 4.79 Å². The number of nitrogens with one attached hydrogen (secondary N) is 1. The highest BCUT2D eigenvalue weighted by Gasteiger charge is 2.69. The molecule has 0 spiro atoms. The first-order valence-corrected chi connectivity index (χ1v) is 17.7. The normalized spacial score (nSPS) is 40.7. The molecule has 0 aromatic heterocycles. The Bertz CT molecular complexity index is 1310. The molecule has 4 fully saturated rings. The largest absolute Gasteiger partial charge is 0.478 e. The third-order valence-corrected chi connectivity index (χ3v) is 14.8. The van der Waals surface area contributed by atoms with Gasteiger partial charge in [0.05, 0.1) is 5.56 Å². The summed E-state index contributed by atoms with van der Waals surface area (Å²) in [4.78, 5) is 26.9. The van der Waals surface area contributed by atoms with E-state index in [-0.39, 0.29) is 22.3 Å². The Labute approximate surface area is 266 Å². The van der Waals surface area contributed by atoms with Crippen LogP contribution in [0.1, 0.15) is 128 Å². The Balaban J connectivity index is 1.25. The summed E-state index contributed by atoms with van der Waals surface area (Å²) in [5.74, 6) is 2.01. The van der Waals surface area contributed by atoms with Gasteiger partial charge in [-0.1, -0.05) is 59.2 Å². The Morgan fingerprint density at radius 1 is 0.864 bits per heavy atom. The van der Waals surface area contributed by atoms with Crippen LogP contribution >= 0.6 is 0 Å². The van der Waals surface area contributed by atoms with Crippen molar-refractivity contribution in [3.8, 4) is 0 Å². The van der Waals surface area contributed by atoms with E-state index >= 15 is 0 Å². The van der Waals surface area contributed by atoms with Gasteiger partial charge in [-0.2, -0.15) is 0 Å². The van der Waals surface area contributed by atoms with E-state index in [1.807, 2.05) is 12.1 Å². The highest BCUT2D eigenvalue weighted by atomic mass is 16.4. The first-order chi connectivity index (χ1) is 20.7. The summed E-state index contributed by atoms with van der Waals surface area (Å²) in [5.41, 5.74) is 3.84. The van der Waals surface area contributed by atoms with Crippen LogP contribution in [0.5, 0.6) is 0 Å². The first-order valence-electron chi connectivity index (χ1n) is 17.7. The average Bonchev–Trinajstić information content (AvgIpc) is 3.36. The van der Waals surface area contributed by atoms with Gasteiger partial charge in [0, 0.05) is 12.0 Å². The topological polar surface area (TPSA) is 69.6 Å². The van der Waals surface area contributed by atoms with E-state index in [9.17, 15) is 14.7 Å². The SMILES string of the molecule is CN(C)CCCC(=O)NC12CCCC1C1CCC3C4(C)CC=C(c5ccc(C(=O)O)cc5)C(C)(C)C4CCC3(C)[C@]1(C)CC2. The standard InChI is InChI=1S/C39H58N2O3/c1-35(2)28(26-12-14-27(15-13-26)34(43)44)18-21-36(3)31(35)19-22-38(5)32(36)17-16-29-30-10-8-20-39(30,24-23-37(29,38)4)40-33(42)11-9-25-41(6)7/h12-15,18,29-32H,8-11,16-17,19-25H2,1-7H3,(H,40,42)(H,43,44)/t29?,30?,31?,32?,36?,37-,38?,39?/m1/s1. The number of hydrogen-bond donors (Lipinski definition) is 2. The number of carbonyl (C=O) groups is 2. The second kappa shape index (κ2) is 11.0. The molecule has 6 rings (SSSR count). The van der Waals surface area contributed by atoms with E-state index in [2.05, 4.69) is 65.0 Å². The molecule has 5 aliphatic carbocycles. The number of nitrogens with zero attached hydrogens (tertiary/aromatic N) is 1. The van der Waals surface area contributed by atoms with Crippen molar-refractivity contribution in [2.75, 3.05) is 20.6 Å². The van der Waals surface area contributed by atoms with Gasteiger partial charge in [-0.05, 0) is 153 Å². The summed E-state index contributed by atoms with van der Waals surface area (Å²) in [6, 6.07) is 7.58. The van der Waals surface area contributed by atoms with E-state index in [0.29, 0.717) is 46.5 Å². The van der Waals surface area contributed by atoms with Crippen molar-refractivity contribution >= 4 is 17.4 Å². The van der Waals surface area contributed by atoms with Crippen molar-refractivity contribution in [1.29, 1.82) is 0 Å². The lowest BCUT2D eigenvalue weighted by Crippen LogP contribution is -2.67. The van der Waals surface area contributed by atoms with Gasteiger partial charge < -0.3 is 15.3 Å². The molecule has 2 N–H and O–H groups in total. The van der Waals surface area contributed by atoms with E-state index in [1.54, 1.807) is 12.1 Å². The fourth-order valence-electron chi connectivity index (χ4n) is 12.6. The first kappa shape index (κ1) is 31.8. The van der Waals surface area contributed by atoms with E-state index in [0.717, 1.165) is 25.8 Å².